The second-order valence-corrected chi connectivity index (χ2v) is 9.00. The van der Waals surface area contributed by atoms with Crippen LogP contribution in [0.3, 0.4) is 0 Å². The molecule has 0 amide bonds. The SMILES string of the molecule is CCCCCCCC(OC(O)COCCOCCOCCOCCOCCO)=C(C)CCCCCC. The van der Waals surface area contributed by atoms with E-state index >= 15 is 0 Å². The Morgan fingerprint density at radius 1 is 0.583 bits per heavy atom. The highest BCUT2D eigenvalue weighted by Gasteiger charge is 2.12. The fourth-order valence-electron chi connectivity index (χ4n) is 3.54. The van der Waals surface area contributed by atoms with Gasteiger partial charge in [0, 0.05) is 6.42 Å². The number of allylic oxidation sites excluding steroid dienone is 2. The van der Waals surface area contributed by atoms with Crippen LogP contribution < -0.4 is 0 Å². The van der Waals surface area contributed by atoms with E-state index in [1.807, 2.05) is 0 Å². The molecule has 1 unspecified atom stereocenters. The predicted molar refractivity (Wildman–Crippen MR) is 143 cm³/mol. The lowest BCUT2D eigenvalue weighted by molar-refractivity contribution is -0.119. The number of rotatable bonds is 29. The Kier molecular flexibility index (Phi) is 28.2. The van der Waals surface area contributed by atoms with E-state index in [9.17, 15) is 5.11 Å². The zero-order valence-electron chi connectivity index (χ0n) is 23.5. The van der Waals surface area contributed by atoms with Crippen molar-refractivity contribution in [3.05, 3.63) is 11.3 Å². The van der Waals surface area contributed by atoms with Gasteiger partial charge in [0.2, 0.25) is 6.29 Å². The molecule has 0 saturated heterocycles. The number of aliphatic hydroxyl groups is 2. The van der Waals surface area contributed by atoms with Crippen LogP contribution in [-0.2, 0) is 28.4 Å². The van der Waals surface area contributed by atoms with Crippen LogP contribution in [0.2, 0.25) is 0 Å². The number of unbranched alkanes of at least 4 members (excludes halogenated alkanes) is 7. The van der Waals surface area contributed by atoms with Gasteiger partial charge in [-0.25, -0.2) is 0 Å². The molecule has 0 bridgehead atoms. The van der Waals surface area contributed by atoms with Gasteiger partial charge in [-0.1, -0.05) is 58.8 Å². The highest BCUT2D eigenvalue weighted by molar-refractivity contribution is 5.06. The summed E-state index contributed by atoms with van der Waals surface area (Å²) in [6.45, 7) is 10.8. The Hall–Kier alpha value is -0.740. The van der Waals surface area contributed by atoms with Crippen LogP contribution >= 0.6 is 0 Å². The van der Waals surface area contributed by atoms with E-state index in [0.717, 1.165) is 25.0 Å². The van der Waals surface area contributed by atoms with Crippen molar-refractivity contribution >= 4 is 0 Å². The van der Waals surface area contributed by atoms with Gasteiger partial charge in [-0.15, -0.1) is 0 Å². The molecule has 0 spiro atoms. The molecule has 0 aliphatic carbocycles. The Bertz CT molecular complexity index is 472. The number of hydrogen-bond acceptors (Lipinski definition) is 8. The number of aliphatic hydroxyl groups excluding tert-OH is 2. The fraction of sp³-hybridized carbons (Fsp3) is 0.929. The Morgan fingerprint density at radius 2 is 1.03 bits per heavy atom. The van der Waals surface area contributed by atoms with Gasteiger partial charge >= 0.3 is 0 Å². The third-order valence-electron chi connectivity index (χ3n) is 5.65. The van der Waals surface area contributed by atoms with Crippen molar-refractivity contribution in [1.29, 1.82) is 0 Å². The first kappa shape index (κ1) is 35.3. The van der Waals surface area contributed by atoms with E-state index in [4.69, 9.17) is 33.5 Å². The van der Waals surface area contributed by atoms with Crippen LogP contribution in [0.4, 0.5) is 0 Å². The lowest BCUT2D eigenvalue weighted by Gasteiger charge is -2.19. The smallest absolute Gasteiger partial charge is 0.220 e. The second-order valence-electron chi connectivity index (χ2n) is 9.00. The molecule has 0 aromatic heterocycles. The molecule has 8 heteroatoms. The predicted octanol–water partition coefficient (Wildman–Crippen LogP) is 5.00. The largest absolute Gasteiger partial charge is 0.467 e. The molecule has 36 heavy (non-hydrogen) atoms. The van der Waals surface area contributed by atoms with Crippen LogP contribution in [-0.4, -0.2) is 89.2 Å². The van der Waals surface area contributed by atoms with Crippen molar-refractivity contribution in [2.45, 2.75) is 97.7 Å². The molecular formula is C28H56O8. The van der Waals surface area contributed by atoms with Gasteiger partial charge in [0.25, 0.3) is 0 Å². The first-order valence-electron chi connectivity index (χ1n) is 14.2. The minimum absolute atomic E-state index is 0.0268. The van der Waals surface area contributed by atoms with Crippen LogP contribution in [0.25, 0.3) is 0 Å². The lowest BCUT2D eigenvalue weighted by atomic mass is 10.0. The molecule has 0 saturated carbocycles. The van der Waals surface area contributed by atoms with E-state index in [-0.39, 0.29) is 13.2 Å². The van der Waals surface area contributed by atoms with E-state index < -0.39 is 6.29 Å². The molecule has 0 aliphatic heterocycles. The standard InChI is InChI=1S/C28H56O8/c1-4-6-8-10-12-14-27(26(3)13-11-9-7-5-2)36-28(30)25-35-24-23-34-22-21-33-20-19-32-18-17-31-16-15-29/h28-30H,4-25H2,1-3H3. The van der Waals surface area contributed by atoms with Crippen molar-refractivity contribution in [2.24, 2.45) is 0 Å². The number of ether oxygens (including phenoxy) is 6. The van der Waals surface area contributed by atoms with Crippen molar-refractivity contribution < 1.29 is 38.6 Å². The molecule has 0 aromatic carbocycles. The maximum atomic E-state index is 10.3. The minimum Gasteiger partial charge on any atom is -0.467 e. The summed E-state index contributed by atoms with van der Waals surface area (Å²) in [6.07, 6.45) is 11.9. The van der Waals surface area contributed by atoms with Crippen LogP contribution in [0.15, 0.2) is 11.3 Å². The summed E-state index contributed by atoms with van der Waals surface area (Å²) in [5.41, 5.74) is 1.25. The Labute approximate surface area is 220 Å². The third-order valence-corrected chi connectivity index (χ3v) is 5.65. The highest BCUT2D eigenvalue weighted by Crippen LogP contribution is 2.21. The molecule has 0 heterocycles. The summed E-state index contributed by atoms with van der Waals surface area (Å²) < 4.78 is 32.8. The average molecular weight is 521 g/mol. The van der Waals surface area contributed by atoms with Crippen molar-refractivity contribution in [3.63, 3.8) is 0 Å². The Morgan fingerprint density at radius 3 is 1.56 bits per heavy atom. The highest BCUT2D eigenvalue weighted by atomic mass is 16.6. The van der Waals surface area contributed by atoms with Crippen LogP contribution in [0, 0.1) is 0 Å². The van der Waals surface area contributed by atoms with Gasteiger partial charge in [0.15, 0.2) is 0 Å². The first-order chi connectivity index (χ1) is 17.7. The summed E-state index contributed by atoms with van der Waals surface area (Å²) in [4.78, 5) is 0. The molecule has 8 nitrogen and oxygen atoms in total. The summed E-state index contributed by atoms with van der Waals surface area (Å²) in [6, 6.07) is 0. The van der Waals surface area contributed by atoms with E-state index in [1.54, 1.807) is 0 Å². The Balaban J connectivity index is 3.91. The van der Waals surface area contributed by atoms with Gasteiger partial charge in [-0.3, -0.25) is 0 Å². The van der Waals surface area contributed by atoms with Crippen LogP contribution in [0.1, 0.15) is 91.4 Å². The lowest BCUT2D eigenvalue weighted by Crippen LogP contribution is -2.21. The van der Waals surface area contributed by atoms with Gasteiger partial charge in [0.05, 0.1) is 71.8 Å². The average Bonchev–Trinajstić information content (AvgIpc) is 2.88. The zero-order chi connectivity index (χ0) is 26.5. The fourth-order valence-corrected chi connectivity index (χ4v) is 3.54. The normalized spacial score (nSPS) is 13.1. The summed E-state index contributed by atoms with van der Waals surface area (Å²) >= 11 is 0. The van der Waals surface area contributed by atoms with Gasteiger partial charge in [0.1, 0.15) is 6.61 Å². The van der Waals surface area contributed by atoms with Gasteiger partial charge in [-0.05, 0) is 31.8 Å². The topological polar surface area (TPSA) is 95.8 Å². The summed E-state index contributed by atoms with van der Waals surface area (Å²) in [5, 5.41) is 18.9. The molecular weight excluding hydrogens is 464 g/mol. The minimum atomic E-state index is -0.960. The molecule has 2 N–H and O–H groups in total. The maximum Gasteiger partial charge on any atom is 0.220 e. The number of hydrogen-bond donors (Lipinski definition) is 2. The molecule has 0 radical (unpaired) electrons. The van der Waals surface area contributed by atoms with Crippen molar-refractivity contribution in [1.82, 2.24) is 0 Å². The van der Waals surface area contributed by atoms with E-state index in [0.29, 0.717) is 59.5 Å². The maximum absolute atomic E-state index is 10.3. The summed E-state index contributed by atoms with van der Waals surface area (Å²) in [7, 11) is 0. The van der Waals surface area contributed by atoms with Gasteiger partial charge < -0.3 is 38.6 Å². The van der Waals surface area contributed by atoms with E-state index in [1.165, 1.54) is 56.9 Å². The quantitative estimate of drug-likeness (QED) is 0.0808. The monoisotopic (exact) mass is 520 g/mol. The molecule has 0 fully saturated rings. The molecule has 1 atom stereocenters. The molecule has 0 aromatic rings. The summed E-state index contributed by atoms with van der Waals surface area (Å²) in [5.74, 6) is 0.939. The molecule has 0 aliphatic rings. The van der Waals surface area contributed by atoms with Crippen molar-refractivity contribution in [2.75, 3.05) is 72.7 Å². The molecule has 0 rings (SSSR count). The van der Waals surface area contributed by atoms with E-state index in [2.05, 4.69) is 20.8 Å². The zero-order valence-corrected chi connectivity index (χ0v) is 23.5. The second kappa shape index (κ2) is 28.8. The van der Waals surface area contributed by atoms with Gasteiger partial charge in [-0.2, -0.15) is 0 Å². The molecule has 216 valence electrons. The van der Waals surface area contributed by atoms with Crippen molar-refractivity contribution in [3.8, 4) is 0 Å². The first-order valence-corrected chi connectivity index (χ1v) is 14.2. The van der Waals surface area contributed by atoms with Crippen LogP contribution in [0.5, 0.6) is 0 Å². The third kappa shape index (κ3) is 24.9.